The zero-order valence-corrected chi connectivity index (χ0v) is 13.9. The lowest BCUT2D eigenvalue weighted by Gasteiger charge is -2.21. The molecule has 1 fully saturated rings. The molecular weight excluding hydrogens is 316 g/mol. The van der Waals surface area contributed by atoms with E-state index >= 15 is 0 Å². The minimum Gasteiger partial charge on any atom is -0.348 e. The van der Waals surface area contributed by atoms with Gasteiger partial charge in [0.15, 0.2) is 0 Å². The minimum absolute atomic E-state index is 0.0784. The molecule has 1 amide bonds. The Morgan fingerprint density at radius 2 is 1.95 bits per heavy atom. The van der Waals surface area contributed by atoms with Crippen LogP contribution in [0, 0.1) is 0 Å². The topological polar surface area (TPSA) is 34.0 Å². The highest BCUT2D eigenvalue weighted by molar-refractivity contribution is 9.10. The molecule has 1 aromatic rings. The van der Waals surface area contributed by atoms with Gasteiger partial charge in [-0.15, -0.1) is 0 Å². The largest absolute Gasteiger partial charge is 0.348 e. The van der Waals surface area contributed by atoms with Crippen LogP contribution in [0.1, 0.15) is 68.8 Å². The molecule has 1 aliphatic rings. The average molecular weight is 341 g/mol. The van der Waals surface area contributed by atoms with Gasteiger partial charge in [0.1, 0.15) is 5.69 Å². The molecule has 0 radical (unpaired) electrons. The number of halogens is 1. The van der Waals surface area contributed by atoms with Crippen molar-refractivity contribution in [2.45, 2.75) is 70.9 Å². The van der Waals surface area contributed by atoms with E-state index in [-0.39, 0.29) is 5.91 Å². The third-order valence-electron chi connectivity index (χ3n) is 4.00. The van der Waals surface area contributed by atoms with Gasteiger partial charge in [-0.2, -0.15) is 0 Å². The maximum atomic E-state index is 12.5. The molecular formula is C16H25BrN2O. The third-order valence-corrected chi connectivity index (χ3v) is 4.43. The van der Waals surface area contributed by atoms with E-state index in [4.69, 9.17) is 0 Å². The Kier molecular flexibility index (Phi) is 6.14. The number of nitrogens with one attached hydrogen (secondary N) is 1. The molecule has 0 aliphatic heterocycles. The van der Waals surface area contributed by atoms with Crippen molar-refractivity contribution in [3.05, 3.63) is 22.4 Å². The molecule has 3 nitrogen and oxygen atoms in total. The highest BCUT2D eigenvalue weighted by atomic mass is 79.9. The van der Waals surface area contributed by atoms with Crippen LogP contribution in [0.2, 0.25) is 0 Å². The summed E-state index contributed by atoms with van der Waals surface area (Å²) < 4.78 is 3.02. The highest BCUT2D eigenvalue weighted by Gasteiger charge is 2.18. The van der Waals surface area contributed by atoms with Crippen LogP contribution in [-0.2, 0) is 6.54 Å². The van der Waals surface area contributed by atoms with Gasteiger partial charge in [0.05, 0.1) is 0 Å². The van der Waals surface area contributed by atoms with E-state index in [9.17, 15) is 4.79 Å². The predicted molar refractivity (Wildman–Crippen MR) is 86.0 cm³/mol. The second-order valence-electron chi connectivity index (χ2n) is 5.75. The lowest BCUT2D eigenvalue weighted by Crippen LogP contribution is -2.36. The lowest BCUT2D eigenvalue weighted by atomic mass is 9.96. The fourth-order valence-electron chi connectivity index (χ4n) is 2.95. The summed E-state index contributed by atoms with van der Waals surface area (Å²) in [7, 11) is 0. The molecule has 0 atom stereocenters. The van der Waals surface area contributed by atoms with Gasteiger partial charge in [-0.25, -0.2) is 0 Å². The van der Waals surface area contributed by atoms with E-state index < -0.39 is 0 Å². The van der Waals surface area contributed by atoms with Crippen molar-refractivity contribution < 1.29 is 4.79 Å². The second-order valence-corrected chi connectivity index (χ2v) is 6.67. The molecule has 1 N–H and O–H groups in total. The van der Waals surface area contributed by atoms with Crippen molar-refractivity contribution in [3.63, 3.8) is 0 Å². The molecule has 1 heterocycles. The Bertz CT molecular complexity index is 434. The van der Waals surface area contributed by atoms with Crippen molar-refractivity contribution in [2.75, 3.05) is 0 Å². The Labute approximate surface area is 130 Å². The van der Waals surface area contributed by atoms with Gasteiger partial charge in [0.2, 0.25) is 0 Å². The van der Waals surface area contributed by atoms with Crippen LogP contribution < -0.4 is 5.32 Å². The average Bonchev–Trinajstić information content (AvgIpc) is 2.74. The zero-order valence-electron chi connectivity index (χ0n) is 12.3. The molecule has 112 valence electrons. The Hall–Kier alpha value is -0.770. The second kappa shape index (κ2) is 7.87. The number of rotatable bonds is 4. The monoisotopic (exact) mass is 340 g/mol. The van der Waals surface area contributed by atoms with Crippen molar-refractivity contribution in [1.82, 2.24) is 9.88 Å². The van der Waals surface area contributed by atoms with E-state index in [0.29, 0.717) is 6.04 Å². The van der Waals surface area contributed by atoms with Gasteiger partial charge in [-0.3, -0.25) is 4.79 Å². The first-order chi connectivity index (χ1) is 9.70. The zero-order chi connectivity index (χ0) is 14.4. The Morgan fingerprint density at radius 3 is 2.60 bits per heavy atom. The molecule has 1 aliphatic carbocycles. The van der Waals surface area contributed by atoms with E-state index in [1.54, 1.807) is 0 Å². The summed E-state index contributed by atoms with van der Waals surface area (Å²) in [6.07, 6.45) is 11.7. The van der Waals surface area contributed by atoms with Crippen LogP contribution in [0.4, 0.5) is 0 Å². The van der Waals surface area contributed by atoms with Crippen molar-refractivity contribution in [3.8, 4) is 0 Å². The molecule has 4 heteroatoms. The first-order valence-electron chi connectivity index (χ1n) is 7.87. The van der Waals surface area contributed by atoms with E-state index in [0.717, 1.165) is 36.0 Å². The summed E-state index contributed by atoms with van der Waals surface area (Å²) >= 11 is 3.47. The summed E-state index contributed by atoms with van der Waals surface area (Å²) in [6, 6.07) is 2.28. The predicted octanol–water partition coefficient (Wildman–Crippen LogP) is 4.50. The van der Waals surface area contributed by atoms with E-state index in [1.165, 1.54) is 32.1 Å². The fraction of sp³-hybridized carbons (Fsp3) is 0.688. The van der Waals surface area contributed by atoms with Gasteiger partial charge in [0, 0.05) is 23.3 Å². The fourth-order valence-corrected chi connectivity index (χ4v) is 3.41. The maximum absolute atomic E-state index is 12.5. The number of nitrogens with zero attached hydrogens (tertiary/aromatic N) is 1. The first-order valence-corrected chi connectivity index (χ1v) is 8.66. The normalized spacial score (nSPS) is 17.5. The molecule has 0 saturated heterocycles. The minimum atomic E-state index is 0.0784. The van der Waals surface area contributed by atoms with Gasteiger partial charge >= 0.3 is 0 Å². The van der Waals surface area contributed by atoms with Crippen LogP contribution in [0.5, 0.6) is 0 Å². The molecule has 1 aromatic heterocycles. The summed E-state index contributed by atoms with van der Waals surface area (Å²) in [6.45, 7) is 3.02. The molecule has 0 spiro atoms. The molecule has 0 bridgehead atoms. The quantitative estimate of drug-likeness (QED) is 0.859. The van der Waals surface area contributed by atoms with Gasteiger partial charge in [-0.05, 0) is 41.3 Å². The summed E-state index contributed by atoms with van der Waals surface area (Å²) in [4.78, 5) is 12.5. The van der Waals surface area contributed by atoms with Crippen molar-refractivity contribution >= 4 is 21.8 Å². The standard InChI is InChI=1S/C16H25BrN2O/c1-2-10-19-12-13(17)11-15(19)16(20)18-14-8-6-4-3-5-7-9-14/h11-12,14H,2-10H2,1H3,(H,18,20). The van der Waals surface area contributed by atoms with Crippen LogP contribution in [0.3, 0.4) is 0 Å². The first kappa shape index (κ1) is 15.6. The van der Waals surface area contributed by atoms with Crippen LogP contribution in [-0.4, -0.2) is 16.5 Å². The van der Waals surface area contributed by atoms with E-state index in [2.05, 4.69) is 28.2 Å². The lowest BCUT2D eigenvalue weighted by molar-refractivity contribution is 0.0921. The number of hydrogen-bond acceptors (Lipinski definition) is 1. The van der Waals surface area contributed by atoms with Crippen molar-refractivity contribution in [1.29, 1.82) is 0 Å². The number of aromatic nitrogens is 1. The van der Waals surface area contributed by atoms with Crippen molar-refractivity contribution in [2.24, 2.45) is 0 Å². The summed E-state index contributed by atoms with van der Waals surface area (Å²) in [5, 5.41) is 3.23. The van der Waals surface area contributed by atoms with E-state index in [1.807, 2.05) is 16.8 Å². The van der Waals surface area contributed by atoms with Gasteiger partial charge < -0.3 is 9.88 Å². The van der Waals surface area contributed by atoms with Gasteiger partial charge in [-0.1, -0.05) is 39.0 Å². The van der Waals surface area contributed by atoms with Crippen LogP contribution >= 0.6 is 15.9 Å². The Morgan fingerprint density at radius 1 is 1.30 bits per heavy atom. The maximum Gasteiger partial charge on any atom is 0.268 e. The number of hydrogen-bond donors (Lipinski definition) is 1. The SMILES string of the molecule is CCCn1cc(Br)cc1C(=O)NC1CCCCCCC1. The molecule has 2 rings (SSSR count). The third kappa shape index (κ3) is 4.37. The molecule has 0 unspecified atom stereocenters. The van der Waals surface area contributed by atoms with Crippen LogP contribution in [0.15, 0.2) is 16.7 Å². The van der Waals surface area contributed by atoms with Gasteiger partial charge in [0.25, 0.3) is 5.91 Å². The molecule has 0 aromatic carbocycles. The van der Waals surface area contributed by atoms with Crippen LogP contribution in [0.25, 0.3) is 0 Å². The highest BCUT2D eigenvalue weighted by Crippen LogP contribution is 2.19. The smallest absolute Gasteiger partial charge is 0.268 e. The summed E-state index contributed by atoms with van der Waals surface area (Å²) in [5.74, 6) is 0.0784. The number of aryl methyl sites for hydroxylation is 1. The Balaban J connectivity index is 1.99. The molecule has 1 saturated carbocycles. The number of carbonyl (C=O) groups is 1. The summed E-state index contributed by atoms with van der Waals surface area (Å²) in [5.41, 5.74) is 0.779. The molecule has 20 heavy (non-hydrogen) atoms. The number of amides is 1. The number of carbonyl (C=O) groups excluding carboxylic acids is 1.